The number of nitrogens with zero attached hydrogens (tertiary/aromatic N) is 2. The number of fused-ring (bicyclic) bond motifs is 1. The summed E-state index contributed by atoms with van der Waals surface area (Å²) in [4.78, 5) is 6.75. The summed E-state index contributed by atoms with van der Waals surface area (Å²) in [6, 6.07) is 8.60. The fourth-order valence-corrected chi connectivity index (χ4v) is 3.64. The summed E-state index contributed by atoms with van der Waals surface area (Å²) in [5.74, 6) is 0. The predicted molar refractivity (Wildman–Crippen MR) is 90.0 cm³/mol. The molecular formula is C17H23N3OS. The van der Waals surface area contributed by atoms with E-state index in [9.17, 15) is 5.11 Å². The smallest absolute Gasteiger partial charge is 0.107 e. The van der Waals surface area contributed by atoms with Crippen molar-refractivity contribution in [3.05, 3.63) is 51.5 Å². The highest BCUT2D eigenvalue weighted by molar-refractivity contribution is 7.09. The zero-order valence-corrected chi connectivity index (χ0v) is 13.8. The lowest BCUT2D eigenvalue weighted by Gasteiger charge is -2.30. The molecule has 1 aliphatic heterocycles. The van der Waals surface area contributed by atoms with Gasteiger partial charge in [-0.05, 0) is 24.5 Å². The minimum absolute atomic E-state index is 0.341. The third-order valence-corrected chi connectivity index (χ3v) is 4.97. The van der Waals surface area contributed by atoms with Gasteiger partial charge in [0.05, 0.1) is 6.10 Å². The second-order valence-electron chi connectivity index (χ2n) is 5.92. The van der Waals surface area contributed by atoms with Gasteiger partial charge in [0.2, 0.25) is 0 Å². The molecular weight excluding hydrogens is 294 g/mol. The normalized spacial score (nSPS) is 16.5. The molecule has 2 aromatic rings. The van der Waals surface area contributed by atoms with E-state index in [0.717, 1.165) is 43.3 Å². The summed E-state index contributed by atoms with van der Waals surface area (Å²) in [5.41, 5.74) is 3.91. The first kappa shape index (κ1) is 15.6. The molecule has 1 aromatic carbocycles. The van der Waals surface area contributed by atoms with Crippen LogP contribution in [0.3, 0.4) is 0 Å². The molecule has 1 atom stereocenters. The minimum atomic E-state index is -0.341. The van der Waals surface area contributed by atoms with Gasteiger partial charge in [0.15, 0.2) is 0 Å². The summed E-state index contributed by atoms with van der Waals surface area (Å²) < 4.78 is 0. The summed E-state index contributed by atoms with van der Waals surface area (Å²) in [6.45, 7) is 6.04. The summed E-state index contributed by atoms with van der Waals surface area (Å²) in [6.07, 6.45) is 0.737. The highest BCUT2D eigenvalue weighted by atomic mass is 32.1. The van der Waals surface area contributed by atoms with Crippen molar-refractivity contribution in [2.75, 3.05) is 19.6 Å². The van der Waals surface area contributed by atoms with E-state index in [1.54, 1.807) is 11.3 Å². The molecule has 0 saturated carbocycles. The Morgan fingerprint density at radius 2 is 2.18 bits per heavy atom. The third kappa shape index (κ3) is 4.14. The number of aromatic nitrogens is 1. The second-order valence-corrected chi connectivity index (χ2v) is 6.86. The Kier molecular flexibility index (Phi) is 5.20. The zero-order chi connectivity index (χ0) is 15.4. The van der Waals surface area contributed by atoms with Crippen LogP contribution in [0.25, 0.3) is 0 Å². The Morgan fingerprint density at radius 3 is 2.95 bits per heavy atom. The molecule has 1 aromatic heterocycles. The number of aliphatic hydroxyl groups excluding tert-OH is 1. The molecule has 2 heterocycles. The number of aliphatic hydroxyl groups is 1. The summed E-state index contributed by atoms with van der Waals surface area (Å²) >= 11 is 1.66. The van der Waals surface area contributed by atoms with Crippen LogP contribution in [0.2, 0.25) is 0 Å². The molecule has 0 amide bonds. The van der Waals surface area contributed by atoms with Gasteiger partial charge >= 0.3 is 0 Å². The lowest BCUT2D eigenvalue weighted by Crippen LogP contribution is -2.40. The fourth-order valence-electron chi connectivity index (χ4n) is 2.90. The lowest BCUT2D eigenvalue weighted by atomic mass is 10.00. The SMILES string of the molecule is Cc1csc(CNCC(O)CN2CCc3ccccc3C2)n1. The highest BCUT2D eigenvalue weighted by Gasteiger charge is 2.18. The monoisotopic (exact) mass is 317 g/mol. The van der Waals surface area contributed by atoms with E-state index < -0.39 is 0 Å². The average Bonchev–Trinajstić information content (AvgIpc) is 2.92. The first-order chi connectivity index (χ1) is 10.7. The Hall–Kier alpha value is -1.27. The largest absolute Gasteiger partial charge is 0.390 e. The Labute approximate surface area is 135 Å². The number of benzene rings is 1. The highest BCUT2D eigenvalue weighted by Crippen LogP contribution is 2.18. The van der Waals surface area contributed by atoms with E-state index in [-0.39, 0.29) is 6.10 Å². The van der Waals surface area contributed by atoms with Crippen molar-refractivity contribution in [2.24, 2.45) is 0 Å². The quantitative estimate of drug-likeness (QED) is 0.855. The van der Waals surface area contributed by atoms with Gasteiger partial charge < -0.3 is 10.4 Å². The topological polar surface area (TPSA) is 48.4 Å². The third-order valence-electron chi connectivity index (χ3n) is 4.00. The molecule has 3 rings (SSSR count). The van der Waals surface area contributed by atoms with Crippen LogP contribution in [0.5, 0.6) is 0 Å². The number of hydrogen-bond donors (Lipinski definition) is 2. The zero-order valence-electron chi connectivity index (χ0n) is 13.0. The van der Waals surface area contributed by atoms with Crippen LogP contribution in [0, 0.1) is 6.92 Å². The van der Waals surface area contributed by atoms with Crippen LogP contribution in [-0.2, 0) is 19.5 Å². The van der Waals surface area contributed by atoms with Crippen LogP contribution >= 0.6 is 11.3 Å². The Morgan fingerprint density at radius 1 is 1.36 bits per heavy atom. The Bertz CT molecular complexity index is 613. The number of β-amino-alcohol motifs (C(OH)–C–C–N with tert-alkyl or cyclic N) is 1. The molecule has 22 heavy (non-hydrogen) atoms. The fraction of sp³-hybridized carbons (Fsp3) is 0.471. The number of hydrogen-bond acceptors (Lipinski definition) is 5. The van der Waals surface area contributed by atoms with Crippen molar-refractivity contribution in [3.63, 3.8) is 0 Å². The molecule has 0 bridgehead atoms. The van der Waals surface area contributed by atoms with Crippen molar-refractivity contribution < 1.29 is 5.11 Å². The molecule has 118 valence electrons. The van der Waals surface area contributed by atoms with Gasteiger partial charge in [0.1, 0.15) is 5.01 Å². The van der Waals surface area contributed by atoms with E-state index in [0.29, 0.717) is 6.54 Å². The van der Waals surface area contributed by atoms with E-state index in [1.165, 1.54) is 11.1 Å². The molecule has 0 aliphatic carbocycles. The van der Waals surface area contributed by atoms with Crippen molar-refractivity contribution in [1.82, 2.24) is 15.2 Å². The number of nitrogens with one attached hydrogen (secondary N) is 1. The van der Waals surface area contributed by atoms with Crippen LogP contribution < -0.4 is 5.32 Å². The number of aryl methyl sites for hydroxylation is 1. The van der Waals surface area contributed by atoms with E-state index >= 15 is 0 Å². The van der Waals surface area contributed by atoms with E-state index in [4.69, 9.17) is 0 Å². The van der Waals surface area contributed by atoms with Gasteiger partial charge in [-0.1, -0.05) is 24.3 Å². The van der Waals surface area contributed by atoms with Gasteiger partial charge in [0.25, 0.3) is 0 Å². The van der Waals surface area contributed by atoms with Gasteiger partial charge in [-0.15, -0.1) is 11.3 Å². The van der Waals surface area contributed by atoms with Crippen molar-refractivity contribution >= 4 is 11.3 Å². The van der Waals surface area contributed by atoms with Crippen LogP contribution in [0.1, 0.15) is 21.8 Å². The lowest BCUT2D eigenvalue weighted by molar-refractivity contribution is 0.104. The average molecular weight is 317 g/mol. The number of rotatable bonds is 6. The molecule has 0 radical (unpaired) electrons. The molecule has 5 heteroatoms. The maximum absolute atomic E-state index is 10.2. The Balaban J connectivity index is 1.42. The first-order valence-electron chi connectivity index (χ1n) is 7.79. The molecule has 2 N–H and O–H groups in total. The summed E-state index contributed by atoms with van der Waals surface area (Å²) in [5, 5.41) is 16.6. The van der Waals surface area contributed by atoms with Crippen LogP contribution in [-0.4, -0.2) is 40.7 Å². The van der Waals surface area contributed by atoms with E-state index in [2.05, 4.69) is 44.8 Å². The van der Waals surface area contributed by atoms with Crippen molar-refractivity contribution in [1.29, 1.82) is 0 Å². The van der Waals surface area contributed by atoms with Crippen LogP contribution in [0.15, 0.2) is 29.6 Å². The van der Waals surface area contributed by atoms with E-state index in [1.807, 2.05) is 6.92 Å². The molecule has 0 fully saturated rings. The molecule has 1 unspecified atom stereocenters. The summed E-state index contributed by atoms with van der Waals surface area (Å²) in [7, 11) is 0. The number of thiazole rings is 1. The molecule has 0 spiro atoms. The maximum atomic E-state index is 10.2. The minimum Gasteiger partial charge on any atom is -0.390 e. The molecule has 0 saturated heterocycles. The van der Waals surface area contributed by atoms with Gasteiger partial charge in [0, 0.05) is 43.8 Å². The molecule has 1 aliphatic rings. The maximum Gasteiger partial charge on any atom is 0.107 e. The van der Waals surface area contributed by atoms with Crippen molar-refractivity contribution in [3.8, 4) is 0 Å². The first-order valence-corrected chi connectivity index (χ1v) is 8.67. The van der Waals surface area contributed by atoms with Gasteiger partial charge in [-0.25, -0.2) is 4.98 Å². The standard InChI is InChI=1S/C17H23N3OS/c1-13-12-22-17(19-13)9-18-8-16(21)11-20-7-6-14-4-2-3-5-15(14)10-20/h2-5,12,16,18,21H,6-11H2,1H3. The van der Waals surface area contributed by atoms with Crippen molar-refractivity contribution in [2.45, 2.75) is 32.5 Å². The molecule has 4 nitrogen and oxygen atoms in total. The van der Waals surface area contributed by atoms with Gasteiger partial charge in [-0.2, -0.15) is 0 Å². The second kappa shape index (κ2) is 7.33. The van der Waals surface area contributed by atoms with Gasteiger partial charge in [-0.3, -0.25) is 4.90 Å². The predicted octanol–water partition coefficient (Wildman–Crippen LogP) is 1.96. The van der Waals surface area contributed by atoms with Crippen LogP contribution in [0.4, 0.5) is 0 Å².